The minimum absolute atomic E-state index is 0.0839. The van der Waals surface area contributed by atoms with Gasteiger partial charge < -0.3 is 5.11 Å². The highest BCUT2D eigenvalue weighted by molar-refractivity contribution is 7.89. The summed E-state index contributed by atoms with van der Waals surface area (Å²) in [4.78, 5) is -0.407. The van der Waals surface area contributed by atoms with Gasteiger partial charge in [0.25, 0.3) is 0 Å². The second-order valence-corrected chi connectivity index (χ2v) is 7.21. The first-order valence-electron chi connectivity index (χ1n) is 6.48. The molecule has 1 aliphatic heterocycles. The predicted molar refractivity (Wildman–Crippen MR) is 70.1 cm³/mol. The van der Waals surface area contributed by atoms with Gasteiger partial charge in [0.15, 0.2) is 0 Å². The molecule has 1 N–H and O–H groups in total. The number of halogens is 3. The van der Waals surface area contributed by atoms with E-state index < -0.39 is 32.3 Å². The Morgan fingerprint density at radius 1 is 1.33 bits per heavy atom. The van der Waals surface area contributed by atoms with E-state index in [4.69, 9.17) is 0 Å². The van der Waals surface area contributed by atoms with Crippen LogP contribution in [0.4, 0.5) is 13.2 Å². The molecule has 0 aromatic heterocycles. The first-order chi connectivity index (χ1) is 9.58. The van der Waals surface area contributed by atoms with Crippen molar-refractivity contribution >= 4 is 10.0 Å². The minimum Gasteiger partial charge on any atom is -0.387 e. The van der Waals surface area contributed by atoms with Gasteiger partial charge in [0.2, 0.25) is 10.0 Å². The number of rotatable bonds is 4. The smallest absolute Gasteiger partial charge is 0.387 e. The highest BCUT2D eigenvalue weighted by Gasteiger charge is 2.46. The SMILES string of the molecule is CCCC1(O)CN(S(=O)(=O)c2cccc(C(F)(F)F)c2)C1. The van der Waals surface area contributed by atoms with Crippen molar-refractivity contribution in [2.45, 2.75) is 36.4 Å². The van der Waals surface area contributed by atoms with E-state index >= 15 is 0 Å². The van der Waals surface area contributed by atoms with E-state index in [-0.39, 0.29) is 13.1 Å². The molecule has 1 aromatic rings. The highest BCUT2D eigenvalue weighted by atomic mass is 32.2. The molecular formula is C13H16F3NO3S. The van der Waals surface area contributed by atoms with E-state index in [9.17, 15) is 26.7 Å². The molecule has 21 heavy (non-hydrogen) atoms. The first-order valence-corrected chi connectivity index (χ1v) is 7.92. The maximum Gasteiger partial charge on any atom is 0.416 e. The Labute approximate surface area is 121 Å². The van der Waals surface area contributed by atoms with E-state index in [1.54, 1.807) is 0 Å². The van der Waals surface area contributed by atoms with Gasteiger partial charge in [-0.2, -0.15) is 17.5 Å². The van der Waals surface area contributed by atoms with Gasteiger partial charge in [0.1, 0.15) is 0 Å². The van der Waals surface area contributed by atoms with Crippen LogP contribution in [0.5, 0.6) is 0 Å². The second-order valence-electron chi connectivity index (χ2n) is 5.27. The zero-order valence-corrected chi connectivity index (χ0v) is 12.2. The monoisotopic (exact) mass is 323 g/mol. The third kappa shape index (κ3) is 3.22. The molecule has 4 nitrogen and oxygen atoms in total. The number of aliphatic hydroxyl groups is 1. The summed E-state index contributed by atoms with van der Waals surface area (Å²) >= 11 is 0. The molecule has 0 unspecified atom stereocenters. The molecule has 0 aliphatic carbocycles. The van der Waals surface area contributed by atoms with Gasteiger partial charge in [-0.05, 0) is 24.6 Å². The Kier molecular flexibility index (Phi) is 4.07. The van der Waals surface area contributed by atoms with Crippen molar-refractivity contribution in [3.8, 4) is 0 Å². The molecule has 0 saturated carbocycles. The van der Waals surface area contributed by atoms with E-state index in [0.717, 1.165) is 22.5 Å². The van der Waals surface area contributed by atoms with Crippen LogP contribution in [-0.4, -0.2) is 36.5 Å². The molecule has 0 spiro atoms. The normalized spacial score (nSPS) is 19.3. The van der Waals surface area contributed by atoms with Crippen molar-refractivity contribution in [2.24, 2.45) is 0 Å². The summed E-state index contributed by atoms with van der Waals surface area (Å²) in [7, 11) is -4.00. The lowest BCUT2D eigenvalue weighted by Gasteiger charge is -2.45. The summed E-state index contributed by atoms with van der Waals surface area (Å²) in [6.45, 7) is 1.70. The maximum absolute atomic E-state index is 12.6. The average Bonchev–Trinajstić information content (AvgIpc) is 2.35. The number of benzene rings is 1. The highest BCUT2D eigenvalue weighted by Crippen LogP contribution is 2.34. The summed E-state index contributed by atoms with van der Waals surface area (Å²) in [5.41, 5.74) is -2.07. The largest absolute Gasteiger partial charge is 0.416 e. The Balaban J connectivity index is 2.22. The fourth-order valence-electron chi connectivity index (χ4n) is 2.39. The maximum atomic E-state index is 12.6. The molecule has 1 fully saturated rings. The Hall–Kier alpha value is -1.12. The minimum atomic E-state index is -4.59. The van der Waals surface area contributed by atoms with Crippen molar-refractivity contribution in [3.05, 3.63) is 29.8 Å². The average molecular weight is 323 g/mol. The van der Waals surface area contributed by atoms with Gasteiger partial charge in [-0.1, -0.05) is 19.4 Å². The number of nitrogens with zero attached hydrogens (tertiary/aromatic N) is 1. The lowest BCUT2D eigenvalue weighted by molar-refractivity contribution is -0.137. The van der Waals surface area contributed by atoms with Gasteiger partial charge >= 0.3 is 6.18 Å². The van der Waals surface area contributed by atoms with Crippen LogP contribution < -0.4 is 0 Å². The number of hydrogen-bond acceptors (Lipinski definition) is 3. The van der Waals surface area contributed by atoms with E-state index in [1.807, 2.05) is 6.92 Å². The Morgan fingerprint density at radius 2 is 1.95 bits per heavy atom. The Morgan fingerprint density at radius 3 is 2.48 bits per heavy atom. The molecule has 118 valence electrons. The van der Waals surface area contributed by atoms with Gasteiger partial charge in [-0.25, -0.2) is 8.42 Å². The van der Waals surface area contributed by atoms with E-state index in [2.05, 4.69) is 0 Å². The topological polar surface area (TPSA) is 57.6 Å². The fraction of sp³-hybridized carbons (Fsp3) is 0.538. The lowest BCUT2D eigenvalue weighted by Crippen LogP contribution is -2.63. The van der Waals surface area contributed by atoms with Crippen molar-refractivity contribution in [2.75, 3.05) is 13.1 Å². The number of sulfonamides is 1. The van der Waals surface area contributed by atoms with Crippen molar-refractivity contribution in [3.63, 3.8) is 0 Å². The van der Waals surface area contributed by atoms with E-state index in [0.29, 0.717) is 18.9 Å². The molecule has 1 aliphatic rings. The zero-order chi connectivity index (χ0) is 15.9. The zero-order valence-electron chi connectivity index (χ0n) is 11.4. The molecular weight excluding hydrogens is 307 g/mol. The third-order valence-corrected chi connectivity index (χ3v) is 5.24. The van der Waals surface area contributed by atoms with Crippen LogP contribution in [0.25, 0.3) is 0 Å². The molecule has 0 atom stereocenters. The molecule has 1 saturated heterocycles. The van der Waals surface area contributed by atoms with Gasteiger partial charge in [-0.3, -0.25) is 0 Å². The molecule has 0 bridgehead atoms. The molecule has 2 rings (SSSR count). The third-order valence-electron chi connectivity index (χ3n) is 3.46. The Bertz CT molecular complexity index is 622. The molecule has 1 aromatic carbocycles. The van der Waals surface area contributed by atoms with Crippen molar-refractivity contribution < 1.29 is 26.7 Å². The van der Waals surface area contributed by atoms with Crippen LogP contribution >= 0.6 is 0 Å². The van der Waals surface area contributed by atoms with Crippen LogP contribution in [0.2, 0.25) is 0 Å². The molecule has 8 heteroatoms. The van der Waals surface area contributed by atoms with Gasteiger partial charge in [-0.15, -0.1) is 0 Å². The fourth-order valence-corrected chi connectivity index (χ4v) is 4.03. The molecule has 0 radical (unpaired) electrons. The molecule has 0 amide bonds. The van der Waals surface area contributed by atoms with Crippen LogP contribution in [0.15, 0.2) is 29.2 Å². The predicted octanol–water partition coefficient (Wildman–Crippen LogP) is 2.24. The molecule has 1 heterocycles. The van der Waals surface area contributed by atoms with Crippen LogP contribution in [0.3, 0.4) is 0 Å². The van der Waals surface area contributed by atoms with Crippen molar-refractivity contribution in [1.29, 1.82) is 0 Å². The van der Waals surface area contributed by atoms with Crippen LogP contribution in [-0.2, 0) is 16.2 Å². The standard InChI is InChI=1S/C13H16F3NO3S/c1-2-6-12(18)8-17(9-12)21(19,20)11-5-3-4-10(7-11)13(14,15)16/h3-5,7,18H,2,6,8-9H2,1H3. The second kappa shape index (κ2) is 5.26. The van der Waals surface area contributed by atoms with E-state index in [1.165, 1.54) is 0 Å². The number of β-amino-alcohol motifs (C(OH)–C–C–N with tert-alkyl or cyclic N) is 1. The summed E-state index contributed by atoms with van der Waals surface area (Å²) in [5.74, 6) is 0. The van der Waals surface area contributed by atoms with Crippen LogP contribution in [0.1, 0.15) is 25.3 Å². The number of hydrogen-bond donors (Lipinski definition) is 1. The lowest BCUT2D eigenvalue weighted by atomic mass is 9.92. The van der Waals surface area contributed by atoms with Gasteiger partial charge in [0.05, 0.1) is 16.1 Å². The summed E-state index contributed by atoms with van der Waals surface area (Å²) in [6, 6.07) is 3.63. The van der Waals surface area contributed by atoms with Gasteiger partial charge in [0, 0.05) is 13.1 Å². The van der Waals surface area contributed by atoms with Crippen molar-refractivity contribution in [1.82, 2.24) is 4.31 Å². The summed E-state index contributed by atoms with van der Waals surface area (Å²) in [5, 5.41) is 9.99. The quantitative estimate of drug-likeness (QED) is 0.924. The number of alkyl halides is 3. The summed E-state index contributed by atoms with van der Waals surface area (Å²) in [6.07, 6.45) is -3.43. The first kappa shape index (κ1) is 16.3. The van der Waals surface area contributed by atoms with Crippen LogP contribution in [0, 0.1) is 0 Å². The summed E-state index contributed by atoms with van der Waals surface area (Å²) < 4.78 is 63.3.